The number of carbonyl (C=O) groups is 1. The molecule has 5 heteroatoms. The van der Waals surface area contributed by atoms with Gasteiger partial charge in [-0.25, -0.2) is 0 Å². The van der Waals surface area contributed by atoms with Crippen molar-refractivity contribution in [3.05, 3.63) is 0 Å². The maximum Gasteiger partial charge on any atom is 0.217 e. The van der Waals surface area contributed by atoms with Crippen molar-refractivity contribution >= 4 is 5.91 Å². The number of aliphatic hydroxyl groups excluding tert-OH is 3. The molecule has 12 heavy (non-hydrogen) atoms. The van der Waals surface area contributed by atoms with Crippen LogP contribution < -0.4 is 5.32 Å². The van der Waals surface area contributed by atoms with E-state index in [1.807, 2.05) is 0 Å². The Morgan fingerprint density at radius 1 is 1.50 bits per heavy atom. The molecule has 0 aliphatic rings. The van der Waals surface area contributed by atoms with Gasteiger partial charge in [-0.2, -0.15) is 0 Å². The zero-order valence-corrected chi connectivity index (χ0v) is 7.19. The molecule has 0 aliphatic carbocycles. The molecule has 0 spiro atoms. The minimum absolute atomic E-state index is 0.353. The van der Waals surface area contributed by atoms with Crippen molar-refractivity contribution in [2.45, 2.75) is 32.1 Å². The Balaban J connectivity index is 4.12. The third-order valence-electron chi connectivity index (χ3n) is 1.49. The maximum atomic E-state index is 10.6. The Bertz CT molecular complexity index is 148. The second kappa shape index (κ2) is 5.08. The lowest BCUT2D eigenvalue weighted by Gasteiger charge is -2.24. The predicted molar refractivity (Wildman–Crippen MR) is 42.4 cm³/mol. The van der Waals surface area contributed by atoms with E-state index in [1.54, 1.807) is 0 Å². The summed E-state index contributed by atoms with van der Waals surface area (Å²) in [6, 6.07) is -0.813. The van der Waals surface area contributed by atoms with E-state index in [0.29, 0.717) is 0 Å². The van der Waals surface area contributed by atoms with Crippen molar-refractivity contribution in [2.24, 2.45) is 0 Å². The number of aliphatic hydroxyl groups is 3. The van der Waals surface area contributed by atoms with Gasteiger partial charge in [0.15, 0.2) is 0 Å². The lowest BCUT2D eigenvalue weighted by Crippen LogP contribution is -2.50. The van der Waals surface area contributed by atoms with Crippen LogP contribution in [0.2, 0.25) is 0 Å². The van der Waals surface area contributed by atoms with Crippen molar-refractivity contribution in [1.29, 1.82) is 0 Å². The zero-order valence-electron chi connectivity index (χ0n) is 7.19. The van der Waals surface area contributed by atoms with Crippen LogP contribution in [0.1, 0.15) is 13.8 Å². The van der Waals surface area contributed by atoms with E-state index in [-0.39, 0.29) is 5.91 Å². The Morgan fingerprint density at radius 2 is 2.00 bits per heavy atom. The number of amides is 1. The highest BCUT2D eigenvalue weighted by molar-refractivity contribution is 5.73. The minimum Gasteiger partial charge on any atom is -0.394 e. The molecule has 72 valence electrons. The fourth-order valence-electron chi connectivity index (χ4n) is 0.887. The van der Waals surface area contributed by atoms with E-state index < -0.39 is 24.9 Å². The summed E-state index contributed by atoms with van der Waals surface area (Å²) in [6.45, 7) is 2.22. The van der Waals surface area contributed by atoms with E-state index in [4.69, 9.17) is 15.3 Å². The summed E-state index contributed by atoms with van der Waals surface area (Å²) in [7, 11) is 0. The Labute approximate surface area is 71.0 Å². The molecule has 0 heterocycles. The van der Waals surface area contributed by atoms with Gasteiger partial charge in [-0.05, 0) is 6.92 Å². The molecule has 0 bridgehead atoms. The minimum atomic E-state index is -1.13. The van der Waals surface area contributed by atoms with Crippen molar-refractivity contribution in [3.8, 4) is 0 Å². The first-order chi connectivity index (χ1) is 5.49. The molecule has 0 radical (unpaired) electrons. The largest absolute Gasteiger partial charge is 0.394 e. The summed E-state index contributed by atoms with van der Waals surface area (Å²) in [5, 5.41) is 29.1. The predicted octanol–water partition coefficient (Wildman–Crippen LogP) is -1.77. The number of rotatable bonds is 4. The topological polar surface area (TPSA) is 89.8 Å². The summed E-state index contributed by atoms with van der Waals surface area (Å²) in [4.78, 5) is 10.6. The second-order valence-electron chi connectivity index (χ2n) is 2.72. The molecule has 0 aromatic heterocycles. The van der Waals surface area contributed by atoms with Gasteiger partial charge in [0.2, 0.25) is 5.91 Å². The van der Waals surface area contributed by atoms with Gasteiger partial charge in [-0.1, -0.05) is 0 Å². The summed E-state index contributed by atoms with van der Waals surface area (Å²) >= 11 is 0. The maximum absolute atomic E-state index is 10.6. The quantitative estimate of drug-likeness (QED) is 0.409. The average molecular weight is 177 g/mol. The van der Waals surface area contributed by atoms with Crippen LogP contribution in [0, 0.1) is 0 Å². The van der Waals surface area contributed by atoms with Gasteiger partial charge < -0.3 is 20.6 Å². The van der Waals surface area contributed by atoms with Crippen molar-refractivity contribution in [3.63, 3.8) is 0 Å². The lowest BCUT2D eigenvalue weighted by molar-refractivity contribution is -0.122. The van der Waals surface area contributed by atoms with Gasteiger partial charge in [0.05, 0.1) is 24.9 Å². The monoisotopic (exact) mass is 177 g/mol. The van der Waals surface area contributed by atoms with Crippen LogP contribution in [-0.2, 0) is 4.79 Å². The van der Waals surface area contributed by atoms with E-state index in [1.165, 1.54) is 13.8 Å². The molecule has 0 aliphatic heterocycles. The van der Waals surface area contributed by atoms with Crippen LogP contribution in [-0.4, -0.2) is 46.1 Å². The zero-order chi connectivity index (χ0) is 9.72. The number of carbonyl (C=O) groups excluding carboxylic acids is 1. The molecule has 1 amide bonds. The molecular formula is C7H15NO4. The molecule has 4 N–H and O–H groups in total. The molecule has 0 saturated heterocycles. The Kier molecular flexibility index (Phi) is 4.80. The number of hydrogen-bond donors (Lipinski definition) is 4. The van der Waals surface area contributed by atoms with Gasteiger partial charge in [0.1, 0.15) is 0 Å². The summed E-state index contributed by atoms with van der Waals surface area (Å²) in [5.41, 5.74) is 0. The molecule has 0 fully saturated rings. The first-order valence-electron chi connectivity index (χ1n) is 3.73. The molecule has 0 saturated carbocycles. The van der Waals surface area contributed by atoms with Gasteiger partial charge >= 0.3 is 0 Å². The summed E-state index contributed by atoms with van der Waals surface area (Å²) < 4.78 is 0. The van der Waals surface area contributed by atoms with Crippen molar-refractivity contribution in [1.82, 2.24) is 5.32 Å². The highest BCUT2D eigenvalue weighted by Crippen LogP contribution is 1.99. The van der Waals surface area contributed by atoms with Gasteiger partial charge in [-0.3, -0.25) is 4.79 Å². The van der Waals surface area contributed by atoms with Crippen molar-refractivity contribution in [2.75, 3.05) is 6.61 Å². The first kappa shape index (κ1) is 11.4. The lowest BCUT2D eigenvalue weighted by atomic mass is 10.1. The van der Waals surface area contributed by atoms with E-state index in [9.17, 15) is 4.79 Å². The Hall–Kier alpha value is -0.650. The highest BCUT2D eigenvalue weighted by atomic mass is 16.3. The molecule has 5 nitrogen and oxygen atoms in total. The third kappa shape index (κ3) is 3.66. The molecule has 3 atom stereocenters. The normalized spacial score (nSPS) is 18.1. The van der Waals surface area contributed by atoms with E-state index in [2.05, 4.69) is 5.32 Å². The standard InChI is InChI=1S/C7H15NO4/c1-4(10)7(6(12)3-9)8-5(2)11/h4,6-7,9-10,12H,3H2,1-2H3,(H,8,11). The van der Waals surface area contributed by atoms with Crippen LogP contribution in [0.5, 0.6) is 0 Å². The Morgan fingerprint density at radius 3 is 2.25 bits per heavy atom. The van der Waals surface area contributed by atoms with Crippen LogP contribution in [0.25, 0.3) is 0 Å². The molecule has 0 aromatic carbocycles. The van der Waals surface area contributed by atoms with E-state index in [0.717, 1.165) is 0 Å². The molecular weight excluding hydrogens is 162 g/mol. The molecule has 0 rings (SSSR count). The van der Waals surface area contributed by atoms with Gasteiger partial charge in [-0.15, -0.1) is 0 Å². The number of nitrogens with one attached hydrogen (secondary N) is 1. The first-order valence-corrected chi connectivity index (χ1v) is 3.73. The van der Waals surface area contributed by atoms with Crippen LogP contribution in [0.3, 0.4) is 0 Å². The van der Waals surface area contributed by atoms with Gasteiger partial charge in [0, 0.05) is 6.92 Å². The highest BCUT2D eigenvalue weighted by Gasteiger charge is 2.23. The van der Waals surface area contributed by atoms with Crippen molar-refractivity contribution < 1.29 is 20.1 Å². The second-order valence-corrected chi connectivity index (χ2v) is 2.72. The molecule has 0 aromatic rings. The van der Waals surface area contributed by atoms with Crippen LogP contribution in [0.15, 0.2) is 0 Å². The van der Waals surface area contributed by atoms with Gasteiger partial charge in [0.25, 0.3) is 0 Å². The van der Waals surface area contributed by atoms with Crippen LogP contribution in [0.4, 0.5) is 0 Å². The number of hydrogen-bond acceptors (Lipinski definition) is 4. The molecule has 3 unspecified atom stereocenters. The third-order valence-corrected chi connectivity index (χ3v) is 1.49. The fourth-order valence-corrected chi connectivity index (χ4v) is 0.887. The fraction of sp³-hybridized carbons (Fsp3) is 0.857. The van der Waals surface area contributed by atoms with E-state index >= 15 is 0 Å². The summed E-state index contributed by atoms with van der Waals surface area (Å²) in [5.74, 6) is -0.353. The SMILES string of the molecule is CC(=O)NC(C(C)O)C(O)CO. The summed E-state index contributed by atoms with van der Waals surface area (Å²) in [6.07, 6.45) is -2.02. The average Bonchev–Trinajstić information content (AvgIpc) is 1.98. The van der Waals surface area contributed by atoms with Crippen LogP contribution >= 0.6 is 0 Å². The smallest absolute Gasteiger partial charge is 0.217 e.